The van der Waals surface area contributed by atoms with E-state index in [1.807, 2.05) is 0 Å². The minimum atomic E-state index is -4.78. The molecular formula is C22H15ClF4N6O3. The third-order valence-corrected chi connectivity index (χ3v) is 5.30. The molecule has 0 unspecified atom stereocenters. The summed E-state index contributed by atoms with van der Waals surface area (Å²) in [5.74, 6) is -2.57. The highest BCUT2D eigenvalue weighted by molar-refractivity contribution is 6.31. The molecule has 9 nitrogen and oxygen atoms in total. The number of methoxy groups -OCH3 is 1. The van der Waals surface area contributed by atoms with E-state index in [2.05, 4.69) is 27.0 Å². The van der Waals surface area contributed by atoms with E-state index in [-0.39, 0.29) is 50.1 Å². The number of nitrogens with two attached hydrogens (primary N) is 1. The first-order valence-corrected chi connectivity index (χ1v) is 10.2. The van der Waals surface area contributed by atoms with Crippen LogP contribution in [0.25, 0.3) is 16.4 Å². The number of nitrogen functional groups attached to an aromatic ring is 1. The summed E-state index contributed by atoms with van der Waals surface area (Å²) in [5, 5.41) is 15.8. The van der Waals surface area contributed by atoms with Crippen LogP contribution in [-0.4, -0.2) is 39.0 Å². The molecular weight excluding hydrogens is 508 g/mol. The minimum Gasteiger partial charge on any atom is -0.480 e. The van der Waals surface area contributed by atoms with Crippen molar-refractivity contribution in [1.82, 2.24) is 14.6 Å². The second-order valence-corrected chi connectivity index (χ2v) is 7.74. The summed E-state index contributed by atoms with van der Waals surface area (Å²) < 4.78 is 59.3. The van der Waals surface area contributed by atoms with E-state index in [1.165, 1.54) is 19.2 Å². The Balaban J connectivity index is 1.90. The van der Waals surface area contributed by atoms with Gasteiger partial charge in [-0.2, -0.15) is 18.3 Å². The molecule has 3 aromatic heterocycles. The first-order valence-electron chi connectivity index (χ1n) is 9.86. The lowest BCUT2D eigenvalue weighted by molar-refractivity contribution is -0.141. The summed E-state index contributed by atoms with van der Waals surface area (Å²) in [7, 11) is 1.17. The second kappa shape index (κ2) is 9.00. The molecule has 1 aromatic carbocycles. The number of aromatic carboxylic acids is 1. The molecule has 186 valence electrons. The lowest BCUT2D eigenvalue weighted by Crippen LogP contribution is -2.10. The monoisotopic (exact) mass is 522 g/mol. The second-order valence-electron chi connectivity index (χ2n) is 7.33. The first kappa shape index (κ1) is 24.7. The van der Waals surface area contributed by atoms with Crippen LogP contribution in [0.1, 0.15) is 21.6 Å². The van der Waals surface area contributed by atoms with Gasteiger partial charge in [0.15, 0.2) is 5.69 Å². The maximum Gasteiger partial charge on any atom is 0.435 e. The number of carbonyl (C=O) groups is 1. The number of aromatic nitrogens is 3. The van der Waals surface area contributed by atoms with Crippen molar-refractivity contribution >= 4 is 51.7 Å². The van der Waals surface area contributed by atoms with Gasteiger partial charge < -0.3 is 20.9 Å². The zero-order valence-electron chi connectivity index (χ0n) is 18.2. The summed E-state index contributed by atoms with van der Waals surface area (Å²) in [6, 6.07) is 5.72. The van der Waals surface area contributed by atoms with Crippen LogP contribution < -0.4 is 15.8 Å². The van der Waals surface area contributed by atoms with E-state index in [9.17, 15) is 27.5 Å². The lowest BCUT2D eigenvalue weighted by Gasteiger charge is -2.12. The number of alkyl halides is 3. The Labute approximate surface area is 204 Å². The molecule has 0 amide bonds. The highest BCUT2D eigenvalue weighted by Crippen LogP contribution is 2.35. The molecule has 0 atom stereocenters. The van der Waals surface area contributed by atoms with Gasteiger partial charge in [0.2, 0.25) is 5.88 Å². The van der Waals surface area contributed by atoms with E-state index in [1.54, 1.807) is 0 Å². The zero-order chi connectivity index (χ0) is 26.4. The Kier molecular flexibility index (Phi) is 6.18. The fraction of sp³-hybridized carbons (Fsp3) is 0.0909. The smallest absolute Gasteiger partial charge is 0.435 e. The SMILES string of the molecule is C=C(N=Cc1c(N)n2nc(C(F)(F)F)cc2c2nc(OC)c(C(=O)O)cc12)Nc1ccc(F)c(Cl)c1. The number of ether oxygens (including phenoxy) is 1. The summed E-state index contributed by atoms with van der Waals surface area (Å²) in [6.45, 7) is 3.71. The topological polar surface area (TPSA) is 127 Å². The van der Waals surface area contributed by atoms with Crippen molar-refractivity contribution in [3.63, 3.8) is 0 Å². The maximum atomic E-state index is 13.4. The van der Waals surface area contributed by atoms with Crippen LogP contribution in [0, 0.1) is 5.82 Å². The van der Waals surface area contributed by atoms with E-state index in [0.717, 1.165) is 28.9 Å². The number of nitrogens with one attached hydrogen (secondary N) is 1. The van der Waals surface area contributed by atoms with Gasteiger partial charge in [-0.1, -0.05) is 18.2 Å². The van der Waals surface area contributed by atoms with Crippen LogP contribution in [0.2, 0.25) is 5.02 Å². The van der Waals surface area contributed by atoms with Crippen LogP contribution in [0.4, 0.5) is 29.1 Å². The molecule has 0 saturated heterocycles. The van der Waals surface area contributed by atoms with Crippen molar-refractivity contribution < 1.29 is 32.2 Å². The molecule has 0 bridgehead atoms. The Morgan fingerprint density at radius 2 is 2.06 bits per heavy atom. The molecule has 4 aromatic rings. The van der Waals surface area contributed by atoms with Gasteiger partial charge in [-0.15, -0.1) is 0 Å². The predicted molar refractivity (Wildman–Crippen MR) is 125 cm³/mol. The number of nitrogens with zero attached hydrogens (tertiary/aromatic N) is 4. The Hall–Kier alpha value is -4.39. The first-order chi connectivity index (χ1) is 16.9. The van der Waals surface area contributed by atoms with Gasteiger partial charge in [0.05, 0.1) is 17.6 Å². The number of aliphatic imine (C=N–C) groups is 1. The lowest BCUT2D eigenvalue weighted by atomic mass is 10.1. The number of benzene rings is 1. The molecule has 0 aliphatic carbocycles. The van der Waals surface area contributed by atoms with Gasteiger partial charge in [-0.3, -0.25) is 0 Å². The number of hydrogen-bond acceptors (Lipinski definition) is 7. The van der Waals surface area contributed by atoms with Crippen LogP contribution in [0.3, 0.4) is 0 Å². The molecule has 36 heavy (non-hydrogen) atoms. The molecule has 4 N–H and O–H groups in total. The summed E-state index contributed by atoms with van der Waals surface area (Å²) >= 11 is 5.76. The molecule has 0 fully saturated rings. The zero-order valence-corrected chi connectivity index (χ0v) is 18.9. The van der Waals surface area contributed by atoms with Crippen LogP contribution >= 0.6 is 11.6 Å². The molecule has 14 heteroatoms. The number of carboxylic acid groups (broad SMARTS) is 1. The molecule has 0 radical (unpaired) electrons. The Morgan fingerprint density at radius 3 is 2.67 bits per heavy atom. The number of carboxylic acids is 1. The van der Waals surface area contributed by atoms with Crippen molar-refractivity contribution in [3.05, 3.63) is 70.4 Å². The minimum absolute atomic E-state index is 0.0204. The summed E-state index contributed by atoms with van der Waals surface area (Å²) in [4.78, 5) is 20.0. The number of pyridine rings is 2. The summed E-state index contributed by atoms with van der Waals surface area (Å²) in [5.41, 5.74) is 4.76. The van der Waals surface area contributed by atoms with Crippen molar-refractivity contribution in [3.8, 4) is 5.88 Å². The highest BCUT2D eigenvalue weighted by Gasteiger charge is 2.35. The van der Waals surface area contributed by atoms with Gasteiger partial charge in [0.1, 0.15) is 28.5 Å². The predicted octanol–water partition coefficient (Wildman–Crippen LogP) is 4.99. The highest BCUT2D eigenvalue weighted by atomic mass is 35.5. The third-order valence-electron chi connectivity index (χ3n) is 5.01. The van der Waals surface area contributed by atoms with Gasteiger partial charge >= 0.3 is 12.1 Å². The van der Waals surface area contributed by atoms with E-state index in [4.69, 9.17) is 22.1 Å². The van der Waals surface area contributed by atoms with Gasteiger partial charge in [-0.05, 0) is 30.3 Å². The van der Waals surface area contributed by atoms with Crippen molar-refractivity contribution in [1.29, 1.82) is 0 Å². The normalized spacial score (nSPS) is 11.9. The van der Waals surface area contributed by atoms with Gasteiger partial charge in [-0.25, -0.2) is 23.7 Å². The molecule has 0 saturated carbocycles. The molecule has 4 rings (SSSR count). The van der Waals surface area contributed by atoms with Gasteiger partial charge in [0, 0.05) is 22.9 Å². The number of rotatable bonds is 6. The van der Waals surface area contributed by atoms with E-state index >= 15 is 0 Å². The molecule has 0 spiro atoms. The number of hydrogen-bond donors (Lipinski definition) is 3. The Bertz CT molecular complexity index is 1580. The van der Waals surface area contributed by atoms with E-state index < -0.39 is 23.7 Å². The fourth-order valence-electron chi connectivity index (χ4n) is 3.38. The van der Waals surface area contributed by atoms with Crippen LogP contribution in [0.15, 0.2) is 47.7 Å². The van der Waals surface area contributed by atoms with Crippen molar-refractivity contribution in [2.75, 3.05) is 18.2 Å². The van der Waals surface area contributed by atoms with Crippen molar-refractivity contribution in [2.24, 2.45) is 4.99 Å². The number of fused-ring (bicyclic) bond motifs is 3. The van der Waals surface area contributed by atoms with Crippen molar-refractivity contribution in [2.45, 2.75) is 6.18 Å². The average Bonchev–Trinajstić information content (AvgIpc) is 3.27. The average molecular weight is 523 g/mol. The quantitative estimate of drug-likeness (QED) is 0.240. The standard InChI is InChI=1S/C22H15ClF4N6O3/c1-9(30-10-3-4-15(24)14(23)5-10)29-8-13-11-6-12(21(34)35)20(36-2)31-18(11)16-7-17(22(25,26)27)32-33(16)19(13)28/h3-8,30H,1,28H2,2H3,(H,34,35). The number of anilines is 2. The fourth-order valence-corrected chi connectivity index (χ4v) is 3.56. The summed E-state index contributed by atoms with van der Waals surface area (Å²) in [6.07, 6.45) is -3.62. The molecule has 0 aliphatic heterocycles. The Morgan fingerprint density at radius 1 is 1.33 bits per heavy atom. The van der Waals surface area contributed by atoms with Crippen LogP contribution in [0.5, 0.6) is 5.88 Å². The van der Waals surface area contributed by atoms with Crippen LogP contribution in [-0.2, 0) is 6.18 Å². The van der Waals surface area contributed by atoms with E-state index in [0.29, 0.717) is 5.69 Å². The maximum absolute atomic E-state index is 13.4. The number of halogens is 5. The van der Waals surface area contributed by atoms with Gasteiger partial charge in [0.25, 0.3) is 0 Å². The third kappa shape index (κ3) is 4.47. The molecule has 3 heterocycles. The molecule has 0 aliphatic rings. The largest absolute Gasteiger partial charge is 0.480 e.